The van der Waals surface area contributed by atoms with E-state index < -0.39 is 0 Å². The number of nitrogens with zero attached hydrogens (tertiary/aromatic N) is 3. The van der Waals surface area contributed by atoms with Crippen molar-refractivity contribution in [3.8, 4) is 11.5 Å². The summed E-state index contributed by atoms with van der Waals surface area (Å²) >= 11 is 1.42. The highest BCUT2D eigenvalue weighted by molar-refractivity contribution is 8.13. The van der Waals surface area contributed by atoms with E-state index in [-0.39, 0.29) is 12.5 Å². The van der Waals surface area contributed by atoms with Gasteiger partial charge in [0.25, 0.3) is 5.91 Å². The highest BCUT2D eigenvalue weighted by atomic mass is 32.2. The number of hydrogen-bond donors (Lipinski definition) is 1. The van der Waals surface area contributed by atoms with E-state index >= 15 is 0 Å². The molecule has 0 saturated carbocycles. The summed E-state index contributed by atoms with van der Waals surface area (Å²) < 4.78 is 11.4. The van der Waals surface area contributed by atoms with Crippen molar-refractivity contribution in [1.82, 2.24) is 0 Å². The van der Waals surface area contributed by atoms with E-state index in [9.17, 15) is 4.79 Å². The molecule has 0 aliphatic rings. The standard InChI is InChI=1S/C30H28N4O3S/c1-36-28-19-24(20-32-33-30(31)38-22-23-11-5-2-6-12-23)17-18-27(28)37-21-29(35)34(25-13-7-3-8-14-25)26-15-9-4-10-16-26/h2-20H,21-22H2,1H3,(H2,31,33). The topological polar surface area (TPSA) is 89.5 Å². The molecule has 4 aromatic carbocycles. The fourth-order valence-electron chi connectivity index (χ4n) is 3.59. The monoisotopic (exact) mass is 524 g/mol. The summed E-state index contributed by atoms with van der Waals surface area (Å²) in [5, 5.41) is 8.51. The number of nitrogens with two attached hydrogens (primary N) is 1. The van der Waals surface area contributed by atoms with E-state index in [1.807, 2.05) is 91.0 Å². The van der Waals surface area contributed by atoms with Gasteiger partial charge in [-0.05, 0) is 53.6 Å². The Labute approximate surface area is 226 Å². The lowest BCUT2D eigenvalue weighted by molar-refractivity contribution is -0.119. The van der Waals surface area contributed by atoms with Crippen LogP contribution in [0.3, 0.4) is 0 Å². The van der Waals surface area contributed by atoms with Crippen molar-refractivity contribution in [1.29, 1.82) is 0 Å². The molecule has 0 aliphatic heterocycles. The average molecular weight is 525 g/mol. The molecule has 0 aliphatic carbocycles. The van der Waals surface area contributed by atoms with Crippen molar-refractivity contribution in [3.63, 3.8) is 0 Å². The van der Waals surface area contributed by atoms with Gasteiger partial charge >= 0.3 is 0 Å². The van der Waals surface area contributed by atoms with E-state index in [2.05, 4.69) is 10.2 Å². The number of amides is 1. The fraction of sp³-hybridized carbons (Fsp3) is 0.100. The largest absolute Gasteiger partial charge is 0.493 e. The zero-order valence-corrected chi connectivity index (χ0v) is 21.8. The van der Waals surface area contributed by atoms with Crippen LogP contribution in [0.1, 0.15) is 11.1 Å². The molecule has 0 fully saturated rings. The van der Waals surface area contributed by atoms with Crippen molar-refractivity contribution in [2.75, 3.05) is 18.6 Å². The van der Waals surface area contributed by atoms with E-state index in [0.717, 1.165) is 28.3 Å². The molecule has 0 radical (unpaired) electrons. The van der Waals surface area contributed by atoms with Crippen LogP contribution in [0.5, 0.6) is 11.5 Å². The van der Waals surface area contributed by atoms with E-state index in [0.29, 0.717) is 16.7 Å². The van der Waals surface area contributed by atoms with Crippen molar-refractivity contribution in [3.05, 3.63) is 120 Å². The van der Waals surface area contributed by atoms with Crippen LogP contribution in [0.25, 0.3) is 0 Å². The number of benzene rings is 4. The zero-order chi connectivity index (χ0) is 26.6. The summed E-state index contributed by atoms with van der Waals surface area (Å²) in [5.41, 5.74) is 9.39. The maximum absolute atomic E-state index is 13.2. The van der Waals surface area contributed by atoms with Crippen LogP contribution in [0, 0.1) is 0 Å². The minimum Gasteiger partial charge on any atom is -0.493 e. The van der Waals surface area contributed by atoms with E-state index in [1.54, 1.807) is 36.4 Å². The van der Waals surface area contributed by atoms with Gasteiger partial charge in [-0.3, -0.25) is 9.69 Å². The molecule has 0 unspecified atom stereocenters. The third-order valence-corrected chi connectivity index (χ3v) is 6.26. The Kier molecular flexibility index (Phi) is 9.53. The Hall–Kier alpha value is -4.56. The number of rotatable bonds is 10. The predicted octanol–water partition coefficient (Wildman–Crippen LogP) is 6.02. The molecule has 0 bridgehead atoms. The highest BCUT2D eigenvalue weighted by Crippen LogP contribution is 2.29. The molecule has 8 heteroatoms. The lowest BCUT2D eigenvalue weighted by Crippen LogP contribution is -2.30. The first-order chi connectivity index (χ1) is 18.6. The molecule has 0 heterocycles. The predicted molar refractivity (Wildman–Crippen MR) is 155 cm³/mol. The Morgan fingerprint density at radius 1 is 0.868 bits per heavy atom. The molecular formula is C30H28N4O3S. The van der Waals surface area contributed by atoms with Crippen molar-refractivity contribution >= 4 is 40.4 Å². The third-order valence-electron chi connectivity index (χ3n) is 5.41. The summed E-state index contributed by atoms with van der Waals surface area (Å²) in [5.74, 6) is 1.42. The molecule has 1 amide bonds. The van der Waals surface area contributed by atoms with Crippen LogP contribution in [0.2, 0.25) is 0 Å². The van der Waals surface area contributed by atoms with Gasteiger partial charge in [0.1, 0.15) is 0 Å². The normalized spacial score (nSPS) is 11.3. The van der Waals surface area contributed by atoms with Crippen LogP contribution in [-0.2, 0) is 10.5 Å². The Morgan fingerprint density at radius 2 is 1.47 bits per heavy atom. The molecular weight excluding hydrogens is 496 g/mol. The van der Waals surface area contributed by atoms with Gasteiger partial charge in [0.05, 0.1) is 13.3 Å². The van der Waals surface area contributed by atoms with Crippen LogP contribution < -0.4 is 20.1 Å². The number of thioether (sulfide) groups is 1. The van der Waals surface area contributed by atoms with E-state index in [4.69, 9.17) is 15.2 Å². The minimum atomic E-state index is -0.215. The first kappa shape index (κ1) is 26.5. The van der Waals surface area contributed by atoms with Gasteiger partial charge in [-0.1, -0.05) is 78.5 Å². The Balaban J connectivity index is 1.39. The average Bonchev–Trinajstić information content (AvgIpc) is 2.97. The van der Waals surface area contributed by atoms with Gasteiger partial charge in [-0.15, -0.1) is 5.10 Å². The second kappa shape index (κ2) is 13.7. The second-order valence-corrected chi connectivity index (χ2v) is 9.05. The number of anilines is 2. The Morgan fingerprint density at radius 3 is 2.08 bits per heavy atom. The molecule has 4 rings (SSSR count). The number of carbonyl (C=O) groups excluding carboxylic acids is 1. The van der Waals surface area contributed by atoms with Gasteiger partial charge in [0.2, 0.25) is 0 Å². The maximum Gasteiger partial charge on any atom is 0.269 e. The third kappa shape index (κ3) is 7.47. The second-order valence-electron chi connectivity index (χ2n) is 8.06. The number of methoxy groups -OCH3 is 1. The van der Waals surface area contributed by atoms with Crippen molar-refractivity contribution < 1.29 is 14.3 Å². The first-order valence-electron chi connectivity index (χ1n) is 11.9. The molecule has 0 spiro atoms. The van der Waals surface area contributed by atoms with Crippen LogP contribution >= 0.6 is 11.8 Å². The SMILES string of the molecule is COc1cc(C=NN=C(N)SCc2ccccc2)ccc1OCC(=O)N(c1ccccc1)c1ccccc1. The fourth-order valence-corrected chi connectivity index (χ4v) is 4.20. The molecule has 0 saturated heterocycles. The first-order valence-corrected chi connectivity index (χ1v) is 12.9. The van der Waals surface area contributed by atoms with Gasteiger partial charge in [0.15, 0.2) is 23.3 Å². The molecule has 0 atom stereocenters. The molecule has 7 nitrogen and oxygen atoms in total. The van der Waals surface area contributed by atoms with Gasteiger partial charge in [-0.25, -0.2) is 0 Å². The smallest absolute Gasteiger partial charge is 0.269 e. The summed E-state index contributed by atoms with van der Waals surface area (Å²) in [6.45, 7) is -0.174. The van der Waals surface area contributed by atoms with Crippen LogP contribution in [0.15, 0.2) is 119 Å². The molecule has 192 valence electrons. The zero-order valence-electron chi connectivity index (χ0n) is 20.9. The number of amidine groups is 1. The number of hydrogen-bond acceptors (Lipinski definition) is 6. The lowest BCUT2D eigenvalue weighted by atomic mass is 10.2. The van der Waals surface area contributed by atoms with Crippen LogP contribution in [0.4, 0.5) is 11.4 Å². The molecule has 2 N–H and O–H groups in total. The van der Waals surface area contributed by atoms with Crippen molar-refractivity contribution in [2.24, 2.45) is 15.9 Å². The number of para-hydroxylation sites is 2. The van der Waals surface area contributed by atoms with Crippen molar-refractivity contribution in [2.45, 2.75) is 5.75 Å². The molecule has 4 aromatic rings. The van der Waals surface area contributed by atoms with Gasteiger partial charge in [0, 0.05) is 17.1 Å². The lowest BCUT2D eigenvalue weighted by Gasteiger charge is -2.23. The minimum absolute atomic E-state index is 0.174. The van der Waals surface area contributed by atoms with Gasteiger partial charge < -0.3 is 15.2 Å². The van der Waals surface area contributed by atoms with Crippen LogP contribution in [-0.4, -0.2) is 31.0 Å². The quantitative estimate of drug-likeness (QED) is 0.156. The van der Waals surface area contributed by atoms with Gasteiger partial charge in [-0.2, -0.15) is 5.10 Å². The Bertz CT molecular complexity index is 1340. The molecule has 0 aromatic heterocycles. The van der Waals surface area contributed by atoms with E-state index in [1.165, 1.54) is 11.8 Å². The number of carbonyl (C=O) groups is 1. The number of ether oxygens (including phenoxy) is 2. The molecule has 38 heavy (non-hydrogen) atoms. The summed E-state index contributed by atoms with van der Waals surface area (Å²) in [6, 6.07) is 34.2. The highest BCUT2D eigenvalue weighted by Gasteiger charge is 2.19. The summed E-state index contributed by atoms with van der Waals surface area (Å²) in [4.78, 5) is 14.9. The summed E-state index contributed by atoms with van der Waals surface area (Å²) in [6.07, 6.45) is 1.58. The maximum atomic E-state index is 13.2. The summed E-state index contributed by atoms with van der Waals surface area (Å²) in [7, 11) is 1.54.